The van der Waals surface area contributed by atoms with Gasteiger partial charge in [0.1, 0.15) is 4.34 Å². The van der Waals surface area contributed by atoms with Crippen LogP contribution in [0.25, 0.3) is 0 Å². The van der Waals surface area contributed by atoms with Gasteiger partial charge in [0.15, 0.2) is 5.13 Å². The Kier molecular flexibility index (Phi) is 4.41. The largest absolute Gasteiger partial charge is 0.369 e. The second-order valence-electron chi connectivity index (χ2n) is 3.48. The predicted molar refractivity (Wildman–Crippen MR) is 77.3 cm³/mol. The van der Waals surface area contributed by atoms with Gasteiger partial charge in [0.2, 0.25) is 5.91 Å². The summed E-state index contributed by atoms with van der Waals surface area (Å²) in [4.78, 5) is 26.7. The fraction of sp³-hybridized carbons (Fsp3) is 0.100. The van der Waals surface area contributed by atoms with Crippen LogP contribution < -0.4 is 11.1 Å². The lowest BCUT2D eigenvalue weighted by Gasteiger charge is -1.99. The number of nitrogens with one attached hydrogen (secondary N) is 1. The zero-order chi connectivity index (χ0) is 14.0. The highest BCUT2D eigenvalue weighted by Gasteiger charge is 2.16. The molecule has 2 heterocycles. The third-order valence-corrected chi connectivity index (χ3v) is 4.32. The number of nitrogens with two attached hydrogens (primary N) is 1. The number of carbonyl (C=O) groups is 2. The van der Waals surface area contributed by atoms with Crippen molar-refractivity contribution in [3.8, 4) is 0 Å². The first-order valence-corrected chi connectivity index (χ1v) is 7.40. The van der Waals surface area contributed by atoms with Crippen molar-refractivity contribution >= 4 is 62.8 Å². The molecule has 0 aromatic carbocycles. The molecule has 0 atom stereocenters. The van der Waals surface area contributed by atoms with E-state index < -0.39 is 11.8 Å². The van der Waals surface area contributed by atoms with Crippen LogP contribution >= 0.6 is 45.9 Å². The minimum Gasteiger partial charge on any atom is -0.369 e. The molecule has 0 aliphatic carbocycles. The van der Waals surface area contributed by atoms with Gasteiger partial charge in [-0.05, 0) is 6.07 Å². The summed E-state index contributed by atoms with van der Waals surface area (Å²) in [5.74, 6) is -0.871. The molecule has 2 aromatic heterocycles. The normalized spacial score (nSPS) is 10.4. The molecule has 0 fully saturated rings. The molecule has 0 saturated carbocycles. The number of primary amides is 1. The summed E-state index contributed by atoms with van der Waals surface area (Å²) >= 11 is 14.0. The summed E-state index contributed by atoms with van der Waals surface area (Å²) < 4.78 is 0.750. The molecule has 0 unspecified atom stereocenters. The molecule has 9 heteroatoms. The summed E-state index contributed by atoms with van der Waals surface area (Å²) in [6.07, 6.45) is 0.0391. The molecule has 0 aliphatic rings. The number of hydrogen-bond acceptors (Lipinski definition) is 5. The SMILES string of the molecule is NC(=O)Cc1csc(NC(=O)c2cc(Cl)sc2Cl)n1. The molecule has 100 valence electrons. The highest BCUT2D eigenvalue weighted by molar-refractivity contribution is 7.20. The number of halogens is 2. The van der Waals surface area contributed by atoms with E-state index in [0.717, 1.165) is 11.3 Å². The molecule has 0 saturated heterocycles. The van der Waals surface area contributed by atoms with Crippen molar-refractivity contribution in [1.82, 2.24) is 4.98 Å². The van der Waals surface area contributed by atoms with Gasteiger partial charge in [0.25, 0.3) is 5.91 Å². The van der Waals surface area contributed by atoms with Crippen LogP contribution in [0.15, 0.2) is 11.4 Å². The Morgan fingerprint density at radius 2 is 2.16 bits per heavy atom. The number of anilines is 1. The predicted octanol–water partition coefficient (Wildman–Crippen LogP) is 2.79. The van der Waals surface area contributed by atoms with Crippen LogP contribution in [0.3, 0.4) is 0 Å². The van der Waals surface area contributed by atoms with Gasteiger partial charge in [0, 0.05) is 5.38 Å². The van der Waals surface area contributed by atoms with Crippen LogP contribution in [0.5, 0.6) is 0 Å². The maximum absolute atomic E-state index is 11.9. The minimum atomic E-state index is -0.476. The minimum absolute atomic E-state index is 0.0391. The molecule has 0 aliphatic heterocycles. The van der Waals surface area contributed by atoms with Crippen LogP contribution in [-0.2, 0) is 11.2 Å². The van der Waals surface area contributed by atoms with E-state index in [9.17, 15) is 9.59 Å². The molecule has 3 N–H and O–H groups in total. The maximum atomic E-state index is 11.9. The molecular weight excluding hydrogens is 329 g/mol. The zero-order valence-corrected chi connectivity index (χ0v) is 12.4. The Balaban J connectivity index is 2.09. The van der Waals surface area contributed by atoms with Crippen molar-refractivity contribution < 1.29 is 9.59 Å². The smallest absolute Gasteiger partial charge is 0.259 e. The van der Waals surface area contributed by atoms with E-state index >= 15 is 0 Å². The molecule has 19 heavy (non-hydrogen) atoms. The number of hydrogen-bond donors (Lipinski definition) is 2. The lowest BCUT2D eigenvalue weighted by molar-refractivity contribution is -0.117. The molecule has 0 radical (unpaired) electrons. The van der Waals surface area contributed by atoms with E-state index in [4.69, 9.17) is 28.9 Å². The summed E-state index contributed by atoms with van der Waals surface area (Å²) in [6.45, 7) is 0. The van der Waals surface area contributed by atoms with Gasteiger partial charge < -0.3 is 5.73 Å². The van der Waals surface area contributed by atoms with Crippen molar-refractivity contribution in [1.29, 1.82) is 0 Å². The second kappa shape index (κ2) is 5.87. The Morgan fingerprint density at radius 3 is 2.74 bits per heavy atom. The summed E-state index contributed by atoms with van der Waals surface area (Å²) in [6, 6.07) is 1.49. The van der Waals surface area contributed by atoms with Crippen molar-refractivity contribution in [2.75, 3.05) is 5.32 Å². The average molecular weight is 336 g/mol. The van der Waals surface area contributed by atoms with Crippen LogP contribution in [0, 0.1) is 0 Å². The van der Waals surface area contributed by atoms with Gasteiger partial charge >= 0.3 is 0 Å². The van der Waals surface area contributed by atoms with Gasteiger partial charge in [0.05, 0.1) is 22.0 Å². The van der Waals surface area contributed by atoms with Gasteiger partial charge in [-0.25, -0.2) is 4.98 Å². The van der Waals surface area contributed by atoms with Crippen LogP contribution in [-0.4, -0.2) is 16.8 Å². The quantitative estimate of drug-likeness (QED) is 0.900. The molecule has 5 nitrogen and oxygen atoms in total. The zero-order valence-electron chi connectivity index (χ0n) is 9.28. The summed E-state index contributed by atoms with van der Waals surface area (Å²) in [5.41, 5.74) is 5.87. The first-order chi connectivity index (χ1) is 8.95. The monoisotopic (exact) mass is 335 g/mol. The molecule has 0 bridgehead atoms. The molecular formula is C10H7Cl2N3O2S2. The topological polar surface area (TPSA) is 85.1 Å². The van der Waals surface area contributed by atoms with Crippen molar-refractivity contribution in [3.63, 3.8) is 0 Å². The van der Waals surface area contributed by atoms with Crippen molar-refractivity contribution in [3.05, 3.63) is 31.4 Å². The fourth-order valence-electron chi connectivity index (χ4n) is 1.28. The van der Waals surface area contributed by atoms with E-state index in [1.54, 1.807) is 5.38 Å². The van der Waals surface area contributed by atoms with Crippen molar-refractivity contribution in [2.24, 2.45) is 5.73 Å². The van der Waals surface area contributed by atoms with Gasteiger partial charge in [-0.2, -0.15) is 0 Å². The summed E-state index contributed by atoms with van der Waals surface area (Å²) in [5, 5.41) is 4.62. The molecule has 0 spiro atoms. The van der Waals surface area contributed by atoms with E-state index in [1.807, 2.05) is 0 Å². The first kappa shape index (κ1) is 14.3. The maximum Gasteiger partial charge on any atom is 0.259 e. The van der Waals surface area contributed by atoms with Crippen molar-refractivity contribution in [2.45, 2.75) is 6.42 Å². The molecule has 2 aromatic rings. The highest BCUT2D eigenvalue weighted by atomic mass is 35.5. The highest BCUT2D eigenvalue weighted by Crippen LogP contribution is 2.31. The van der Waals surface area contributed by atoms with Gasteiger partial charge in [-0.15, -0.1) is 22.7 Å². The van der Waals surface area contributed by atoms with Crippen LogP contribution in [0.4, 0.5) is 5.13 Å². The number of aromatic nitrogens is 1. The standard InChI is InChI=1S/C10H7Cl2N3O2S2/c11-6-2-5(8(12)19-6)9(17)15-10-14-4(3-18-10)1-7(13)16/h2-3H,1H2,(H2,13,16)(H,14,15,17). The number of rotatable bonds is 4. The number of amides is 2. The fourth-order valence-corrected chi connectivity index (χ4v) is 3.45. The van der Waals surface area contributed by atoms with E-state index in [2.05, 4.69) is 10.3 Å². The molecule has 2 rings (SSSR count). The number of nitrogens with zero attached hydrogens (tertiary/aromatic N) is 1. The van der Waals surface area contributed by atoms with E-state index in [-0.39, 0.29) is 6.42 Å². The Hall–Kier alpha value is -1.15. The Bertz CT molecular complexity index is 639. The summed E-state index contributed by atoms with van der Waals surface area (Å²) in [7, 11) is 0. The van der Waals surface area contributed by atoms with E-state index in [0.29, 0.717) is 25.1 Å². The van der Waals surface area contributed by atoms with E-state index in [1.165, 1.54) is 17.4 Å². The second-order valence-corrected chi connectivity index (χ2v) is 6.62. The Morgan fingerprint density at radius 1 is 1.42 bits per heavy atom. The van der Waals surface area contributed by atoms with Crippen LogP contribution in [0.1, 0.15) is 16.1 Å². The third-order valence-electron chi connectivity index (χ3n) is 2.03. The van der Waals surface area contributed by atoms with Gasteiger partial charge in [-0.1, -0.05) is 23.2 Å². The lowest BCUT2D eigenvalue weighted by Crippen LogP contribution is -2.14. The first-order valence-electron chi connectivity index (χ1n) is 4.94. The number of thiophene rings is 1. The average Bonchev–Trinajstić information content (AvgIpc) is 2.84. The Labute approximate surface area is 126 Å². The van der Waals surface area contributed by atoms with Crippen LogP contribution in [0.2, 0.25) is 8.67 Å². The number of carbonyl (C=O) groups excluding carboxylic acids is 2. The third kappa shape index (κ3) is 3.66. The number of thiazole rings is 1. The lowest BCUT2D eigenvalue weighted by atomic mass is 10.3. The van der Waals surface area contributed by atoms with Gasteiger partial charge in [-0.3, -0.25) is 14.9 Å². The molecule has 2 amide bonds.